The molecule has 114 valence electrons. The highest BCUT2D eigenvalue weighted by Gasteiger charge is 2.25. The Hall–Kier alpha value is -2.18. The third-order valence-corrected chi connectivity index (χ3v) is 3.36. The van der Waals surface area contributed by atoms with Crippen molar-refractivity contribution < 1.29 is 14.3 Å². The second-order valence-corrected chi connectivity index (χ2v) is 4.92. The van der Waals surface area contributed by atoms with Crippen LogP contribution >= 0.6 is 0 Å². The number of carbonyl (C=O) groups excluding carboxylic acids is 2. The van der Waals surface area contributed by atoms with Crippen LogP contribution in [0.5, 0.6) is 0 Å². The molecule has 0 atom stereocenters. The molecule has 0 unspecified atom stereocenters. The van der Waals surface area contributed by atoms with Gasteiger partial charge in [0, 0.05) is 25.3 Å². The number of carbonyl (C=O) groups is 2. The highest BCUT2D eigenvalue weighted by atomic mass is 16.6. The van der Waals surface area contributed by atoms with E-state index in [1.807, 2.05) is 0 Å². The Morgan fingerprint density at radius 3 is 2.76 bits per heavy atom. The Kier molecular flexibility index (Phi) is 5.08. The second-order valence-electron chi connectivity index (χ2n) is 4.92. The Bertz CT molecular complexity index is 513. The summed E-state index contributed by atoms with van der Waals surface area (Å²) in [7, 11) is 0. The minimum absolute atomic E-state index is 0.0541. The van der Waals surface area contributed by atoms with Crippen molar-refractivity contribution in [3.8, 4) is 0 Å². The van der Waals surface area contributed by atoms with Crippen LogP contribution in [-0.2, 0) is 4.74 Å². The van der Waals surface area contributed by atoms with Crippen LogP contribution in [-0.4, -0.2) is 52.6 Å². The molecule has 7 nitrogen and oxygen atoms in total. The molecule has 1 aliphatic heterocycles. The van der Waals surface area contributed by atoms with Crippen molar-refractivity contribution in [2.24, 2.45) is 0 Å². The number of nitrogens with zero attached hydrogens (tertiary/aromatic N) is 3. The maximum Gasteiger partial charge on any atom is 0.409 e. The topological polar surface area (TPSA) is 84.4 Å². The van der Waals surface area contributed by atoms with Gasteiger partial charge in [-0.1, -0.05) is 0 Å². The largest absolute Gasteiger partial charge is 0.450 e. The van der Waals surface area contributed by atoms with E-state index >= 15 is 0 Å². The number of hydrogen-bond donors (Lipinski definition) is 1. The molecule has 0 aliphatic carbocycles. The molecule has 1 N–H and O–H groups in total. The molecule has 1 saturated heterocycles. The van der Waals surface area contributed by atoms with Crippen molar-refractivity contribution >= 4 is 12.0 Å². The summed E-state index contributed by atoms with van der Waals surface area (Å²) in [4.78, 5) is 33.4. The average Bonchev–Trinajstić information content (AvgIpc) is 2.48. The summed E-state index contributed by atoms with van der Waals surface area (Å²) >= 11 is 0. The lowest BCUT2D eigenvalue weighted by atomic mass is 10.1. The maximum atomic E-state index is 12.1. The number of rotatable bonds is 3. The molecular weight excluding hydrogens is 272 g/mol. The first kappa shape index (κ1) is 15.2. The molecule has 1 aliphatic rings. The molecule has 2 heterocycles. The highest BCUT2D eigenvalue weighted by molar-refractivity contribution is 5.92. The zero-order chi connectivity index (χ0) is 15.2. The maximum absolute atomic E-state index is 12.1. The zero-order valence-electron chi connectivity index (χ0n) is 12.3. The van der Waals surface area contributed by atoms with Gasteiger partial charge in [-0.05, 0) is 32.8 Å². The number of hydrogen-bond acceptors (Lipinski definition) is 5. The van der Waals surface area contributed by atoms with Crippen LogP contribution in [0.15, 0.2) is 12.3 Å². The first-order chi connectivity index (χ1) is 10.1. The number of ether oxygens (including phenoxy) is 1. The van der Waals surface area contributed by atoms with E-state index in [1.165, 1.54) is 0 Å². The van der Waals surface area contributed by atoms with Crippen molar-refractivity contribution in [2.45, 2.75) is 32.7 Å². The lowest BCUT2D eigenvalue weighted by molar-refractivity contribution is 0.0856. The summed E-state index contributed by atoms with van der Waals surface area (Å²) < 4.78 is 4.96. The van der Waals surface area contributed by atoms with Crippen molar-refractivity contribution in [3.63, 3.8) is 0 Å². The average molecular weight is 292 g/mol. The van der Waals surface area contributed by atoms with E-state index in [-0.39, 0.29) is 18.0 Å². The summed E-state index contributed by atoms with van der Waals surface area (Å²) in [5.74, 6) is 0.370. The summed E-state index contributed by atoms with van der Waals surface area (Å²) in [6, 6.07) is 1.65. The second kappa shape index (κ2) is 7.01. The SMILES string of the molecule is CCOC(=O)N1CCC(NC(=O)c2ccnc(C)n2)CC1. The first-order valence-corrected chi connectivity index (χ1v) is 7.12. The number of aryl methyl sites for hydroxylation is 1. The first-order valence-electron chi connectivity index (χ1n) is 7.12. The fourth-order valence-electron chi connectivity index (χ4n) is 2.26. The predicted molar refractivity (Wildman–Crippen MR) is 75.9 cm³/mol. The summed E-state index contributed by atoms with van der Waals surface area (Å²) in [5.41, 5.74) is 0.371. The number of likely N-dealkylation sites (tertiary alicyclic amines) is 1. The van der Waals surface area contributed by atoms with Crippen LogP contribution in [0.3, 0.4) is 0 Å². The normalized spacial score (nSPS) is 15.6. The molecule has 0 radical (unpaired) electrons. The lowest BCUT2D eigenvalue weighted by Crippen LogP contribution is -2.46. The molecule has 0 aromatic carbocycles. The standard InChI is InChI=1S/C14H20N4O3/c1-3-21-14(20)18-8-5-11(6-9-18)17-13(19)12-4-7-15-10(2)16-12/h4,7,11H,3,5-6,8-9H2,1-2H3,(H,17,19). The monoisotopic (exact) mass is 292 g/mol. The molecule has 21 heavy (non-hydrogen) atoms. The van der Waals surface area contributed by atoms with E-state index in [0.29, 0.717) is 44.1 Å². The summed E-state index contributed by atoms with van der Waals surface area (Å²) in [6.45, 7) is 5.09. The predicted octanol–water partition coefficient (Wildman–Crippen LogP) is 1.14. The van der Waals surface area contributed by atoms with Crippen LogP contribution in [0, 0.1) is 6.92 Å². The molecule has 1 aromatic rings. The van der Waals surface area contributed by atoms with Gasteiger partial charge in [0.05, 0.1) is 6.61 Å². The van der Waals surface area contributed by atoms with Gasteiger partial charge in [0.1, 0.15) is 11.5 Å². The quantitative estimate of drug-likeness (QED) is 0.903. The number of amides is 2. The molecule has 7 heteroatoms. The molecule has 0 saturated carbocycles. The zero-order valence-corrected chi connectivity index (χ0v) is 12.3. The third kappa shape index (κ3) is 4.14. The van der Waals surface area contributed by atoms with E-state index in [0.717, 1.165) is 0 Å². The van der Waals surface area contributed by atoms with Gasteiger partial charge in [-0.3, -0.25) is 4.79 Å². The van der Waals surface area contributed by atoms with Crippen molar-refractivity contribution in [2.75, 3.05) is 19.7 Å². The van der Waals surface area contributed by atoms with E-state index < -0.39 is 0 Å². The van der Waals surface area contributed by atoms with Gasteiger partial charge in [-0.15, -0.1) is 0 Å². The van der Waals surface area contributed by atoms with Crippen molar-refractivity contribution in [1.29, 1.82) is 0 Å². The molecular formula is C14H20N4O3. The molecule has 1 fully saturated rings. The fraction of sp³-hybridized carbons (Fsp3) is 0.571. The molecule has 2 amide bonds. The Labute approximate surface area is 123 Å². The van der Waals surface area contributed by atoms with Gasteiger partial charge < -0.3 is 15.0 Å². The molecule has 2 rings (SSSR count). The van der Waals surface area contributed by atoms with Gasteiger partial charge in [-0.2, -0.15) is 0 Å². The van der Waals surface area contributed by atoms with E-state index in [1.54, 1.807) is 31.0 Å². The lowest BCUT2D eigenvalue weighted by Gasteiger charge is -2.31. The molecule has 0 bridgehead atoms. The minimum Gasteiger partial charge on any atom is -0.450 e. The van der Waals surface area contributed by atoms with Gasteiger partial charge in [0.25, 0.3) is 5.91 Å². The summed E-state index contributed by atoms with van der Waals surface area (Å²) in [6.07, 6.45) is 2.72. The minimum atomic E-state index is -0.284. The smallest absolute Gasteiger partial charge is 0.409 e. The van der Waals surface area contributed by atoms with Crippen LogP contribution in [0.1, 0.15) is 36.1 Å². The van der Waals surface area contributed by atoms with E-state index in [2.05, 4.69) is 15.3 Å². The van der Waals surface area contributed by atoms with Crippen LogP contribution < -0.4 is 5.32 Å². The fourth-order valence-corrected chi connectivity index (χ4v) is 2.26. The number of aromatic nitrogens is 2. The van der Waals surface area contributed by atoms with Crippen LogP contribution in [0.2, 0.25) is 0 Å². The van der Waals surface area contributed by atoms with Crippen LogP contribution in [0.25, 0.3) is 0 Å². The third-order valence-electron chi connectivity index (χ3n) is 3.36. The number of piperidine rings is 1. The molecule has 1 aromatic heterocycles. The molecule has 0 spiro atoms. The highest BCUT2D eigenvalue weighted by Crippen LogP contribution is 2.12. The van der Waals surface area contributed by atoms with Gasteiger partial charge >= 0.3 is 6.09 Å². The van der Waals surface area contributed by atoms with Gasteiger partial charge in [-0.25, -0.2) is 14.8 Å². The van der Waals surface area contributed by atoms with Crippen LogP contribution in [0.4, 0.5) is 4.79 Å². The van der Waals surface area contributed by atoms with Crippen molar-refractivity contribution in [3.05, 3.63) is 23.8 Å². The van der Waals surface area contributed by atoms with E-state index in [9.17, 15) is 9.59 Å². The summed E-state index contributed by atoms with van der Waals surface area (Å²) in [5, 5.41) is 2.95. The number of nitrogens with one attached hydrogen (secondary N) is 1. The Morgan fingerprint density at radius 1 is 1.43 bits per heavy atom. The van der Waals surface area contributed by atoms with Crippen molar-refractivity contribution in [1.82, 2.24) is 20.2 Å². The Morgan fingerprint density at radius 2 is 2.14 bits per heavy atom. The van der Waals surface area contributed by atoms with Gasteiger partial charge in [0.15, 0.2) is 0 Å². The Balaban J connectivity index is 1.83. The van der Waals surface area contributed by atoms with E-state index in [4.69, 9.17) is 4.74 Å². The van der Waals surface area contributed by atoms with Gasteiger partial charge in [0.2, 0.25) is 0 Å².